The molecule has 2 heterocycles. The summed E-state index contributed by atoms with van der Waals surface area (Å²) in [7, 11) is -2.41. The van der Waals surface area contributed by atoms with Crippen molar-refractivity contribution in [2.75, 3.05) is 17.6 Å². The Bertz CT molecular complexity index is 1360. The summed E-state index contributed by atoms with van der Waals surface area (Å²) < 4.78 is 39.5. The summed E-state index contributed by atoms with van der Waals surface area (Å²) in [5.74, 6) is 0.446. The molecule has 0 saturated heterocycles. The van der Waals surface area contributed by atoms with Crippen LogP contribution in [-0.4, -0.2) is 32.0 Å². The maximum atomic E-state index is 12.8. The number of nitrogens with one attached hydrogen (secondary N) is 1. The molecular formula is C20H15ClN2O5S3. The molecule has 11 heteroatoms. The van der Waals surface area contributed by atoms with Gasteiger partial charge < -0.3 is 9.15 Å². The molecule has 7 nitrogen and oxygen atoms in total. The molecule has 31 heavy (non-hydrogen) atoms. The number of halogens is 1. The molecule has 0 aliphatic heterocycles. The number of thiophene rings is 1. The van der Waals surface area contributed by atoms with Gasteiger partial charge in [0.1, 0.15) is 11.3 Å². The van der Waals surface area contributed by atoms with Crippen molar-refractivity contribution in [3.8, 4) is 5.75 Å². The molecule has 0 bridgehead atoms. The molecular weight excluding hydrogens is 480 g/mol. The second kappa shape index (κ2) is 8.91. The predicted octanol–water partition coefficient (Wildman–Crippen LogP) is 5.33. The van der Waals surface area contributed by atoms with Crippen molar-refractivity contribution in [3.05, 3.63) is 63.8 Å². The maximum absolute atomic E-state index is 12.8. The largest absolute Gasteiger partial charge is 0.495 e. The molecule has 0 amide bonds. The van der Waals surface area contributed by atoms with Gasteiger partial charge in [-0.3, -0.25) is 9.52 Å². The van der Waals surface area contributed by atoms with Crippen LogP contribution in [0.25, 0.3) is 11.1 Å². The van der Waals surface area contributed by atoms with E-state index in [1.54, 1.807) is 36.4 Å². The minimum Gasteiger partial charge on any atom is -0.495 e. The van der Waals surface area contributed by atoms with Crippen LogP contribution in [0.2, 0.25) is 4.34 Å². The Kier molecular flexibility index (Phi) is 6.24. The lowest BCUT2D eigenvalue weighted by atomic mass is 10.3. The number of para-hydroxylation sites is 2. The fourth-order valence-electron chi connectivity index (χ4n) is 2.71. The van der Waals surface area contributed by atoms with Crippen LogP contribution in [-0.2, 0) is 10.0 Å². The van der Waals surface area contributed by atoms with Crippen molar-refractivity contribution < 1.29 is 22.4 Å². The highest BCUT2D eigenvalue weighted by molar-refractivity contribution is 7.99. The normalized spacial score (nSPS) is 11.5. The number of ketones is 1. The number of sulfonamides is 1. The molecule has 2 aromatic heterocycles. The van der Waals surface area contributed by atoms with Gasteiger partial charge in [-0.15, -0.1) is 11.3 Å². The van der Waals surface area contributed by atoms with E-state index in [0.717, 1.165) is 11.8 Å². The average molecular weight is 495 g/mol. The quantitative estimate of drug-likeness (QED) is 0.261. The van der Waals surface area contributed by atoms with E-state index in [4.69, 9.17) is 20.8 Å². The topological polar surface area (TPSA) is 98.5 Å². The first-order chi connectivity index (χ1) is 14.9. The van der Waals surface area contributed by atoms with Crippen molar-refractivity contribution in [1.82, 2.24) is 4.98 Å². The van der Waals surface area contributed by atoms with Crippen LogP contribution in [0.3, 0.4) is 0 Å². The molecule has 160 valence electrons. The number of fused-ring (bicyclic) bond motifs is 1. The van der Waals surface area contributed by atoms with E-state index >= 15 is 0 Å². The summed E-state index contributed by atoms with van der Waals surface area (Å²) in [5, 5.41) is 0.276. The summed E-state index contributed by atoms with van der Waals surface area (Å²) in [6.45, 7) is 0. The Balaban J connectivity index is 1.52. The second-order valence-corrected chi connectivity index (χ2v) is 10.6. The Morgan fingerprint density at radius 2 is 2.03 bits per heavy atom. The number of oxazole rings is 1. The number of ether oxygens (including phenoxy) is 1. The van der Waals surface area contributed by atoms with Crippen LogP contribution in [0.1, 0.15) is 9.67 Å². The molecule has 2 aromatic carbocycles. The lowest BCUT2D eigenvalue weighted by molar-refractivity contribution is 0.102. The SMILES string of the molecule is COc1ccccc1NS(=O)(=O)c1ccc2oc(SCC(=O)c3ccc(Cl)s3)nc2c1. The number of anilines is 1. The Morgan fingerprint density at radius 1 is 1.23 bits per heavy atom. The van der Waals surface area contributed by atoms with Crippen molar-refractivity contribution in [1.29, 1.82) is 0 Å². The second-order valence-electron chi connectivity index (χ2n) is 6.23. The van der Waals surface area contributed by atoms with Crippen LogP contribution in [0.4, 0.5) is 5.69 Å². The zero-order valence-electron chi connectivity index (χ0n) is 16.0. The van der Waals surface area contributed by atoms with Gasteiger partial charge in [0.25, 0.3) is 15.2 Å². The number of Topliss-reactive ketones (excluding diaryl/α,β-unsaturated/α-hetero) is 1. The van der Waals surface area contributed by atoms with E-state index in [-0.39, 0.29) is 21.7 Å². The van der Waals surface area contributed by atoms with Crippen molar-refractivity contribution in [2.45, 2.75) is 10.1 Å². The summed E-state index contributed by atoms with van der Waals surface area (Å²) in [4.78, 5) is 17.1. The van der Waals surface area contributed by atoms with Gasteiger partial charge in [0.15, 0.2) is 11.4 Å². The number of aromatic nitrogens is 1. The number of thioether (sulfide) groups is 1. The van der Waals surface area contributed by atoms with Gasteiger partial charge in [0.2, 0.25) is 0 Å². The van der Waals surface area contributed by atoms with Gasteiger partial charge >= 0.3 is 0 Å². The summed E-state index contributed by atoms with van der Waals surface area (Å²) >= 11 is 8.21. The highest BCUT2D eigenvalue weighted by atomic mass is 35.5. The molecule has 0 aliphatic rings. The highest BCUT2D eigenvalue weighted by Gasteiger charge is 2.19. The molecule has 1 N–H and O–H groups in total. The van der Waals surface area contributed by atoms with Crippen LogP contribution >= 0.6 is 34.7 Å². The number of methoxy groups -OCH3 is 1. The third kappa shape index (κ3) is 4.87. The molecule has 0 atom stereocenters. The Labute approximate surface area is 191 Å². The lowest BCUT2D eigenvalue weighted by Crippen LogP contribution is -2.13. The summed E-state index contributed by atoms with van der Waals surface area (Å²) in [6.07, 6.45) is 0. The van der Waals surface area contributed by atoms with Crippen molar-refractivity contribution >= 4 is 67.3 Å². The number of hydrogen-bond donors (Lipinski definition) is 1. The summed E-state index contributed by atoms with van der Waals surface area (Å²) in [6, 6.07) is 14.4. The predicted molar refractivity (Wildman–Crippen MR) is 122 cm³/mol. The third-order valence-electron chi connectivity index (χ3n) is 4.18. The van der Waals surface area contributed by atoms with Gasteiger partial charge in [-0.25, -0.2) is 13.4 Å². The van der Waals surface area contributed by atoms with E-state index in [1.807, 2.05) is 0 Å². The number of benzene rings is 2. The molecule has 4 rings (SSSR count). The Hall–Kier alpha value is -2.53. The fraction of sp³-hybridized carbons (Fsp3) is 0.100. The van der Waals surface area contributed by atoms with Crippen molar-refractivity contribution in [3.63, 3.8) is 0 Å². The fourth-order valence-corrected chi connectivity index (χ4v) is 5.59. The molecule has 0 unspecified atom stereocenters. The first-order valence-electron chi connectivity index (χ1n) is 8.83. The zero-order valence-corrected chi connectivity index (χ0v) is 19.2. The number of nitrogens with zero attached hydrogens (tertiary/aromatic N) is 1. The number of carbonyl (C=O) groups is 1. The Morgan fingerprint density at radius 3 is 2.77 bits per heavy atom. The van der Waals surface area contributed by atoms with E-state index in [0.29, 0.717) is 31.8 Å². The van der Waals surface area contributed by atoms with Gasteiger partial charge in [-0.2, -0.15) is 0 Å². The number of hydrogen-bond acceptors (Lipinski definition) is 8. The molecule has 0 radical (unpaired) electrons. The van der Waals surface area contributed by atoms with Crippen LogP contribution in [0.5, 0.6) is 5.75 Å². The van der Waals surface area contributed by atoms with Crippen LogP contribution in [0, 0.1) is 0 Å². The average Bonchev–Trinajstić information content (AvgIpc) is 3.37. The smallest absolute Gasteiger partial charge is 0.262 e. The standard InChI is InChI=1S/C20H15ClN2O5S3/c1-27-16-5-3-2-4-13(16)23-31(25,26)12-6-7-17-14(10-12)22-20(28-17)29-11-15(24)18-8-9-19(21)30-18/h2-10,23H,11H2,1H3. The van der Waals surface area contributed by atoms with E-state index in [1.165, 1.54) is 36.6 Å². The molecule has 0 fully saturated rings. The lowest BCUT2D eigenvalue weighted by Gasteiger charge is -2.11. The number of carbonyl (C=O) groups excluding carboxylic acids is 1. The van der Waals surface area contributed by atoms with E-state index in [9.17, 15) is 13.2 Å². The first-order valence-corrected chi connectivity index (χ1v) is 12.5. The van der Waals surface area contributed by atoms with Gasteiger partial charge in [-0.05, 0) is 42.5 Å². The van der Waals surface area contributed by atoms with Crippen molar-refractivity contribution in [2.24, 2.45) is 0 Å². The summed E-state index contributed by atoms with van der Waals surface area (Å²) in [5.41, 5.74) is 1.12. The third-order valence-corrected chi connectivity index (χ3v) is 7.64. The molecule has 0 saturated carbocycles. The first kappa shape index (κ1) is 21.7. The van der Waals surface area contributed by atoms with Crippen LogP contribution < -0.4 is 9.46 Å². The monoisotopic (exact) mass is 494 g/mol. The minimum atomic E-state index is -3.87. The van der Waals surface area contributed by atoms with Gasteiger partial charge in [0, 0.05) is 0 Å². The van der Waals surface area contributed by atoms with Gasteiger partial charge in [0.05, 0.1) is 32.7 Å². The number of rotatable bonds is 8. The van der Waals surface area contributed by atoms with E-state index in [2.05, 4.69) is 9.71 Å². The zero-order chi connectivity index (χ0) is 22.0. The molecule has 0 aliphatic carbocycles. The van der Waals surface area contributed by atoms with Gasteiger partial charge in [-0.1, -0.05) is 35.5 Å². The van der Waals surface area contributed by atoms with E-state index < -0.39 is 10.0 Å². The maximum Gasteiger partial charge on any atom is 0.262 e. The highest BCUT2D eigenvalue weighted by Crippen LogP contribution is 2.30. The molecule has 0 spiro atoms. The minimum absolute atomic E-state index is 0.0278. The molecule has 4 aromatic rings. The van der Waals surface area contributed by atoms with Crippen LogP contribution in [0.15, 0.2) is 69.1 Å².